The molecule has 4 heteroatoms. The van der Waals surface area contributed by atoms with Crippen molar-refractivity contribution in [2.45, 2.75) is 6.92 Å². The number of nitrogens with one attached hydrogen (secondary N) is 1. The predicted octanol–water partition coefficient (Wildman–Crippen LogP) is 1.34. The zero-order valence-corrected chi connectivity index (χ0v) is 8.12. The maximum Gasteiger partial charge on any atom is 0.189 e. The lowest BCUT2D eigenvalue weighted by molar-refractivity contribution is 0.0224. The fourth-order valence-corrected chi connectivity index (χ4v) is 0.924. The molecule has 76 valence electrons. The molecule has 0 spiro atoms. The summed E-state index contributed by atoms with van der Waals surface area (Å²) in [5.74, 6) is 0.768. The fraction of sp³-hybridized carbons (Fsp3) is 0.300. The van der Waals surface area contributed by atoms with Crippen LogP contribution in [0.25, 0.3) is 0 Å². The van der Waals surface area contributed by atoms with E-state index in [9.17, 15) is 0 Å². The Kier molecular flexibility index (Phi) is 3.94. The van der Waals surface area contributed by atoms with Gasteiger partial charge < -0.3 is 15.2 Å². The summed E-state index contributed by atoms with van der Waals surface area (Å²) in [7, 11) is 0. The first kappa shape index (κ1) is 10.5. The van der Waals surface area contributed by atoms with Gasteiger partial charge in [-0.3, -0.25) is 5.41 Å². The van der Waals surface area contributed by atoms with E-state index < -0.39 is 0 Å². The Bertz CT molecular complexity index is 295. The van der Waals surface area contributed by atoms with Gasteiger partial charge in [-0.2, -0.15) is 0 Å². The third-order valence-corrected chi connectivity index (χ3v) is 1.68. The van der Waals surface area contributed by atoms with Crippen molar-refractivity contribution in [3.63, 3.8) is 0 Å². The van der Waals surface area contributed by atoms with Crippen molar-refractivity contribution in [1.82, 2.24) is 0 Å². The highest BCUT2D eigenvalue weighted by Gasteiger charge is 1.96. The van der Waals surface area contributed by atoms with E-state index in [1.807, 2.05) is 6.92 Å². The molecule has 3 N–H and O–H groups in total. The van der Waals surface area contributed by atoms with Crippen molar-refractivity contribution in [2.75, 3.05) is 13.4 Å². The van der Waals surface area contributed by atoms with E-state index in [-0.39, 0.29) is 12.6 Å². The molecule has 14 heavy (non-hydrogen) atoms. The van der Waals surface area contributed by atoms with E-state index in [0.717, 1.165) is 0 Å². The first-order chi connectivity index (χ1) is 6.74. The number of ether oxygens (including phenoxy) is 2. The molecule has 0 amide bonds. The first-order valence-electron chi connectivity index (χ1n) is 4.39. The van der Waals surface area contributed by atoms with E-state index in [1.165, 1.54) is 0 Å². The summed E-state index contributed by atoms with van der Waals surface area (Å²) < 4.78 is 10.3. The minimum Gasteiger partial charge on any atom is -0.468 e. The standard InChI is InChI=1S/C10H14N2O2/c1-2-13-7-14-9-5-3-8(4-6-9)10(11)12/h3-6H,2,7H2,1H3,(H3,11,12). The topological polar surface area (TPSA) is 68.3 Å². The zero-order chi connectivity index (χ0) is 10.4. The molecule has 0 radical (unpaired) electrons. The molecule has 0 aliphatic heterocycles. The first-order valence-corrected chi connectivity index (χ1v) is 4.39. The van der Waals surface area contributed by atoms with Crippen LogP contribution >= 0.6 is 0 Å². The van der Waals surface area contributed by atoms with E-state index in [2.05, 4.69) is 0 Å². The highest BCUT2D eigenvalue weighted by Crippen LogP contribution is 2.11. The molecule has 1 rings (SSSR count). The molecule has 0 aliphatic carbocycles. The Morgan fingerprint density at radius 3 is 2.50 bits per heavy atom. The highest BCUT2D eigenvalue weighted by molar-refractivity contribution is 5.94. The van der Waals surface area contributed by atoms with Gasteiger partial charge >= 0.3 is 0 Å². The lowest BCUT2D eigenvalue weighted by atomic mass is 10.2. The number of hydrogen-bond acceptors (Lipinski definition) is 3. The average molecular weight is 194 g/mol. The third kappa shape index (κ3) is 3.06. The van der Waals surface area contributed by atoms with Crippen molar-refractivity contribution in [2.24, 2.45) is 5.73 Å². The third-order valence-electron chi connectivity index (χ3n) is 1.68. The number of amidine groups is 1. The van der Waals surface area contributed by atoms with Crippen LogP contribution in [0, 0.1) is 5.41 Å². The molecule has 0 heterocycles. The monoisotopic (exact) mass is 194 g/mol. The molecular formula is C10H14N2O2. The van der Waals surface area contributed by atoms with Gasteiger partial charge in [0.1, 0.15) is 11.6 Å². The number of rotatable bonds is 5. The van der Waals surface area contributed by atoms with Crippen LogP contribution in [-0.2, 0) is 4.74 Å². The smallest absolute Gasteiger partial charge is 0.189 e. The van der Waals surface area contributed by atoms with E-state index in [0.29, 0.717) is 17.9 Å². The van der Waals surface area contributed by atoms with E-state index in [1.54, 1.807) is 24.3 Å². The predicted molar refractivity (Wildman–Crippen MR) is 54.6 cm³/mol. The van der Waals surface area contributed by atoms with Crippen LogP contribution in [0.4, 0.5) is 0 Å². The molecule has 4 nitrogen and oxygen atoms in total. The quantitative estimate of drug-likeness (QED) is 0.321. The van der Waals surface area contributed by atoms with Crippen molar-refractivity contribution < 1.29 is 9.47 Å². The van der Waals surface area contributed by atoms with Gasteiger partial charge in [0, 0.05) is 12.2 Å². The normalized spacial score (nSPS) is 9.79. The maximum absolute atomic E-state index is 7.19. The number of benzene rings is 1. The molecule has 0 saturated heterocycles. The summed E-state index contributed by atoms with van der Waals surface area (Å²) in [6.07, 6.45) is 0. The minimum absolute atomic E-state index is 0.0568. The van der Waals surface area contributed by atoms with Crippen molar-refractivity contribution >= 4 is 5.84 Å². The Morgan fingerprint density at radius 2 is 2.00 bits per heavy atom. The molecule has 1 aromatic rings. The maximum atomic E-state index is 7.19. The molecular weight excluding hydrogens is 180 g/mol. The SMILES string of the molecule is CCOCOc1ccc(C(=N)N)cc1. The average Bonchev–Trinajstić information content (AvgIpc) is 2.19. The van der Waals surface area contributed by atoms with Gasteiger partial charge in [-0.05, 0) is 31.2 Å². The zero-order valence-electron chi connectivity index (χ0n) is 8.12. The van der Waals surface area contributed by atoms with Gasteiger partial charge in [-0.1, -0.05) is 0 Å². The molecule has 0 aliphatic rings. The highest BCUT2D eigenvalue weighted by atomic mass is 16.7. The van der Waals surface area contributed by atoms with Crippen LogP contribution in [0.15, 0.2) is 24.3 Å². The van der Waals surface area contributed by atoms with Gasteiger partial charge in [0.25, 0.3) is 0 Å². The lowest BCUT2D eigenvalue weighted by Crippen LogP contribution is -2.10. The van der Waals surface area contributed by atoms with Crippen LogP contribution in [0.1, 0.15) is 12.5 Å². The number of nitrogens with two attached hydrogens (primary N) is 1. The van der Waals surface area contributed by atoms with Gasteiger partial charge in [0.05, 0.1) is 0 Å². The van der Waals surface area contributed by atoms with Crippen LogP contribution in [0.5, 0.6) is 5.75 Å². The van der Waals surface area contributed by atoms with Crippen molar-refractivity contribution in [3.8, 4) is 5.75 Å². The van der Waals surface area contributed by atoms with E-state index >= 15 is 0 Å². The van der Waals surface area contributed by atoms with Crippen LogP contribution < -0.4 is 10.5 Å². The summed E-state index contributed by atoms with van der Waals surface area (Å²) in [4.78, 5) is 0. The second kappa shape index (κ2) is 5.24. The van der Waals surface area contributed by atoms with Gasteiger partial charge in [0.2, 0.25) is 0 Å². The summed E-state index contributed by atoms with van der Waals surface area (Å²) >= 11 is 0. The summed E-state index contributed by atoms with van der Waals surface area (Å²) in [6.45, 7) is 2.78. The Labute approximate surface area is 83.1 Å². The molecule has 0 atom stereocenters. The molecule has 0 fully saturated rings. The summed E-state index contributed by atoms with van der Waals surface area (Å²) in [5.41, 5.74) is 5.99. The van der Waals surface area contributed by atoms with Crippen LogP contribution in [-0.4, -0.2) is 19.2 Å². The second-order valence-electron chi connectivity index (χ2n) is 2.69. The summed E-state index contributed by atoms with van der Waals surface area (Å²) in [5, 5.41) is 7.19. The van der Waals surface area contributed by atoms with Gasteiger partial charge in [-0.15, -0.1) is 0 Å². The van der Waals surface area contributed by atoms with Crippen molar-refractivity contribution in [1.29, 1.82) is 5.41 Å². The molecule has 0 aromatic heterocycles. The molecule has 0 unspecified atom stereocenters. The van der Waals surface area contributed by atoms with Crippen LogP contribution in [0.3, 0.4) is 0 Å². The number of hydrogen-bond donors (Lipinski definition) is 2. The molecule has 0 saturated carbocycles. The van der Waals surface area contributed by atoms with Gasteiger partial charge in [0.15, 0.2) is 6.79 Å². The second-order valence-corrected chi connectivity index (χ2v) is 2.69. The summed E-state index contributed by atoms with van der Waals surface area (Å²) in [6, 6.07) is 7.00. The Morgan fingerprint density at radius 1 is 1.36 bits per heavy atom. The molecule has 0 bridgehead atoms. The van der Waals surface area contributed by atoms with Gasteiger partial charge in [-0.25, -0.2) is 0 Å². The minimum atomic E-state index is 0.0568. The Balaban J connectivity index is 2.51. The Hall–Kier alpha value is -1.55. The molecule has 1 aromatic carbocycles. The largest absolute Gasteiger partial charge is 0.468 e. The van der Waals surface area contributed by atoms with Crippen LogP contribution in [0.2, 0.25) is 0 Å². The fourth-order valence-electron chi connectivity index (χ4n) is 0.924. The number of nitrogen functional groups attached to an aromatic ring is 1. The van der Waals surface area contributed by atoms with E-state index in [4.69, 9.17) is 20.6 Å². The van der Waals surface area contributed by atoms with Crippen molar-refractivity contribution in [3.05, 3.63) is 29.8 Å². The lowest BCUT2D eigenvalue weighted by Gasteiger charge is -2.06.